The van der Waals surface area contributed by atoms with Crippen molar-refractivity contribution < 1.29 is 13.9 Å². The summed E-state index contributed by atoms with van der Waals surface area (Å²) < 4.78 is 18.1. The molecule has 0 atom stereocenters. The van der Waals surface area contributed by atoms with E-state index in [1.165, 1.54) is 18.2 Å². The van der Waals surface area contributed by atoms with Gasteiger partial charge in [-0.1, -0.05) is 26.0 Å². The minimum absolute atomic E-state index is 0.0833. The van der Waals surface area contributed by atoms with Crippen LogP contribution in [0.1, 0.15) is 19.4 Å². The fourth-order valence-electron chi connectivity index (χ4n) is 1.82. The van der Waals surface area contributed by atoms with E-state index in [1.54, 1.807) is 30.2 Å². The van der Waals surface area contributed by atoms with Crippen molar-refractivity contribution in [2.45, 2.75) is 13.8 Å². The predicted octanol–water partition coefficient (Wildman–Crippen LogP) is 2.97. The highest BCUT2D eigenvalue weighted by molar-refractivity contribution is 5.91. The smallest absolute Gasteiger partial charge is 0.246 e. The van der Waals surface area contributed by atoms with Gasteiger partial charge in [0.1, 0.15) is 5.82 Å². The second-order valence-electron chi connectivity index (χ2n) is 5.06. The molecule has 0 spiro atoms. The van der Waals surface area contributed by atoms with Crippen molar-refractivity contribution in [3.05, 3.63) is 41.7 Å². The van der Waals surface area contributed by atoms with Crippen LogP contribution in [0.5, 0.6) is 0 Å². The second kappa shape index (κ2) is 8.48. The fourth-order valence-corrected chi connectivity index (χ4v) is 1.82. The largest absolute Gasteiger partial charge is 0.383 e. The first-order chi connectivity index (χ1) is 9.52. The summed E-state index contributed by atoms with van der Waals surface area (Å²) >= 11 is 0. The van der Waals surface area contributed by atoms with Crippen molar-refractivity contribution in [1.29, 1.82) is 0 Å². The molecule has 0 radical (unpaired) electrons. The van der Waals surface area contributed by atoms with Crippen molar-refractivity contribution in [2.24, 2.45) is 5.92 Å². The lowest BCUT2D eigenvalue weighted by molar-refractivity contribution is -0.127. The number of hydrogen-bond donors (Lipinski definition) is 0. The van der Waals surface area contributed by atoms with Gasteiger partial charge in [-0.05, 0) is 29.7 Å². The second-order valence-corrected chi connectivity index (χ2v) is 5.06. The highest BCUT2D eigenvalue weighted by Gasteiger charge is 2.11. The van der Waals surface area contributed by atoms with Crippen LogP contribution in [0.3, 0.4) is 0 Å². The third kappa shape index (κ3) is 5.97. The Bertz CT molecular complexity index is 458. The summed E-state index contributed by atoms with van der Waals surface area (Å²) in [4.78, 5) is 13.9. The molecule has 3 nitrogen and oxygen atoms in total. The van der Waals surface area contributed by atoms with Gasteiger partial charge in [-0.25, -0.2) is 4.39 Å². The summed E-state index contributed by atoms with van der Waals surface area (Å²) in [6, 6.07) is 6.15. The van der Waals surface area contributed by atoms with Crippen LogP contribution in [-0.4, -0.2) is 37.6 Å². The summed E-state index contributed by atoms with van der Waals surface area (Å²) in [7, 11) is 1.61. The van der Waals surface area contributed by atoms with Crippen LogP contribution in [0.25, 0.3) is 6.08 Å². The number of amides is 1. The molecular weight excluding hydrogens is 257 g/mol. The molecule has 4 heteroatoms. The zero-order chi connectivity index (χ0) is 15.0. The standard InChI is InChI=1S/C16H22FNO2/c1-13(2)12-18(9-10-20-3)16(19)8-7-14-5-4-6-15(17)11-14/h4-8,11,13H,9-10,12H2,1-3H3/b8-7+. The minimum atomic E-state index is -0.307. The maximum absolute atomic E-state index is 13.0. The Morgan fingerprint density at radius 2 is 2.20 bits per heavy atom. The molecule has 0 aliphatic heterocycles. The quantitative estimate of drug-likeness (QED) is 0.718. The Hall–Kier alpha value is -1.68. The molecular formula is C16H22FNO2. The molecule has 1 aromatic carbocycles. The first-order valence-electron chi connectivity index (χ1n) is 6.74. The molecule has 0 saturated heterocycles. The van der Waals surface area contributed by atoms with Gasteiger partial charge >= 0.3 is 0 Å². The monoisotopic (exact) mass is 279 g/mol. The van der Waals surface area contributed by atoms with Crippen LogP contribution in [0.2, 0.25) is 0 Å². The fraction of sp³-hybridized carbons (Fsp3) is 0.438. The molecule has 0 unspecified atom stereocenters. The number of halogens is 1. The summed E-state index contributed by atoms with van der Waals surface area (Å²) in [5.74, 6) is -0.00333. The highest BCUT2D eigenvalue weighted by Crippen LogP contribution is 2.07. The van der Waals surface area contributed by atoms with Gasteiger partial charge in [0.2, 0.25) is 5.91 Å². The van der Waals surface area contributed by atoms with E-state index in [0.29, 0.717) is 31.2 Å². The van der Waals surface area contributed by atoms with Crippen molar-refractivity contribution >= 4 is 12.0 Å². The van der Waals surface area contributed by atoms with E-state index in [1.807, 2.05) is 0 Å². The molecule has 0 aromatic heterocycles. The van der Waals surface area contributed by atoms with E-state index >= 15 is 0 Å². The molecule has 1 rings (SSSR count). The van der Waals surface area contributed by atoms with Gasteiger partial charge in [-0.3, -0.25) is 4.79 Å². The number of carbonyl (C=O) groups excluding carboxylic acids is 1. The lowest BCUT2D eigenvalue weighted by Gasteiger charge is -2.22. The molecule has 110 valence electrons. The molecule has 1 aromatic rings. The average molecular weight is 279 g/mol. The maximum atomic E-state index is 13.0. The van der Waals surface area contributed by atoms with E-state index in [-0.39, 0.29) is 11.7 Å². The van der Waals surface area contributed by atoms with E-state index in [9.17, 15) is 9.18 Å². The molecule has 0 aliphatic rings. The predicted molar refractivity (Wildman–Crippen MR) is 78.7 cm³/mol. The van der Waals surface area contributed by atoms with Crippen LogP contribution >= 0.6 is 0 Å². The Morgan fingerprint density at radius 1 is 1.45 bits per heavy atom. The zero-order valence-electron chi connectivity index (χ0n) is 12.3. The summed E-state index contributed by atoms with van der Waals surface area (Å²) in [6.45, 7) is 5.86. The van der Waals surface area contributed by atoms with Gasteiger partial charge in [-0.2, -0.15) is 0 Å². The first kappa shape index (κ1) is 16.4. The zero-order valence-corrected chi connectivity index (χ0v) is 12.3. The van der Waals surface area contributed by atoms with Gasteiger partial charge in [-0.15, -0.1) is 0 Å². The van der Waals surface area contributed by atoms with Gasteiger partial charge in [0.05, 0.1) is 6.61 Å². The maximum Gasteiger partial charge on any atom is 0.246 e. The highest BCUT2D eigenvalue weighted by atomic mass is 19.1. The van der Waals surface area contributed by atoms with Crippen molar-refractivity contribution in [3.63, 3.8) is 0 Å². The van der Waals surface area contributed by atoms with Crippen molar-refractivity contribution in [2.75, 3.05) is 26.8 Å². The molecule has 0 saturated carbocycles. The molecule has 0 fully saturated rings. The normalized spacial score (nSPS) is 11.2. The molecule has 0 aliphatic carbocycles. The molecule has 1 amide bonds. The van der Waals surface area contributed by atoms with E-state index in [4.69, 9.17) is 4.74 Å². The van der Waals surface area contributed by atoms with Gasteiger partial charge in [0.25, 0.3) is 0 Å². The Morgan fingerprint density at radius 3 is 2.80 bits per heavy atom. The molecule has 0 N–H and O–H groups in total. The Balaban J connectivity index is 2.69. The third-order valence-electron chi connectivity index (χ3n) is 2.73. The summed E-state index contributed by atoms with van der Waals surface area (Å²) in [5, 5.41) is 0. The van der Waals surface area contributed by atoms with Gasteiger partial charge < -0.3 is 9.64 Å². The average Bonchev–Trinajstić information content (AvgIpc) is 2.40. The van der Waals surface area contributed by atoms with Crippen molar-refractivity contribution in [1.82, 2.24) is 4.90 Å². The first-order valence-corrected chi connectivity index (χ1v) is 6.74. The lowest BCUT2D eigenvalue weighted by atomic mass is 10.2. The molecule has 20 heavy (non-hydrogen) atoms. The molecule has 0 heterocycles. The van der Waals surface area contributed by atoms with E-state index in [0.717, 1.165) is 0 Å². The minimum Gasteiger partial charge on any atom is -0.383 e. The van der Waals surface area contributed by atoms with E-state index in [2.05, 4.69) is 13.8 Å². The Labute approximate surface area is 120 Å². The number of hydrogen-bond acceptors (Lipinski definition) is 2. The number of ether oxygens (including phenoxy) is 1. The van der Waals surface area contributed by atoms with Crippen LogP contribution in [0, 0.1) is 11.7 Å². The third-order valence-corrected chi connectivity index (χ3v) is 2.73. The number of carbonyl (C=O) groups is 1. The van der Waals surface area contributed by atoms with Crippen molar-refractivity contribution in [3.8, 4) is 0 Å². The summed E-state index contributed by atoms with van der Waals surface area (Å²) in [5.41, 5.74) is 0.676. The van der Waals surface area contributed by atoms with Gasteiger partial charge in [0, 0.05) is 26.3 Å². The number of rotatable bonds is 7. The lowest BCUT2D eigenvalue weighted by Crippen LogP contribution is -2.35. The van der Waals surface area contributed by atoms with Crippen LogP contribution in [0.4, 0.5) is 4.39 Å². The number of methoxy groups -OCH3 is 1. The van der Waals surface area contributed by atoms with Crippen LogP contribution in [0.15, 0.2) is 30.3 Å². The topological polar surface area (TPSA) is 29.5 Å². The van der Waals surface area contributed by atoms with Crippen LogP contribution in [-0.2, 0) is 9.53 Å². The molecule has 0 bridgehead atoms. The van der Waals surface area contributed by atoms with E-state index < -0.39 is 0 Å². The van der Waals surface area contributed by atoms with Gasteiger partial charge in [0.15, 0.2) is 0 Å². The Kier molecular flexibility index (Phi) is 6.94. The SMILES string of the molecule is COCCN(CC(C)C)C(=O)/C=C/c1cccc(F)c1. The summed E-state index contributed by atoms with van der Waals surface area (Å²) in [6.07, 6.45) is 3.11. The van der Waals surface area contributed by atoms with Crippen LogP contribution < -0.4 is 0 Å². The number of benzene rings is 1. The number of nitrogens with zero attached hydrogens (tertiary/aromatic N) is 1.